The monoisotopic (exact) mass is 565 g/mol. The Morgan fingerprint density at radius 3 is 2.33 bits per heavy atom. The summed E-state index contributed by atoms with van der Waals surface area (Å²) in [4.78, 5) is 23.9. The zero-order valence-corrected chi connectivity index (χ0v) is 23.4. The first kappa shape index (κ1) is 29.6. The molecule has 8 nitrogen and oxygen atoms in total. The summed E-state index contributed by atoms with van der Waals surface area (Å²) in [5.74, 6) is 0.411. The van der Waals surface area contributed by atoms with Crippen LogP contribution in [0.5, 0.6) is 5.75 Å². The van der Waals surface area contributed by atoms with Gasteiger partial charge in [0.15, 0.2) is 6.29 Å². The summed E-state index contributed by atoms with van der Waals surface area (Å²) in [5, 5.41) is 21.0. The summed E-state index contributed by atoms with van der Waals surface area (Å²) in [7, 11) is 1.66. The lowest BCUT2D eigenvalue weighted by molar-refractivity contribution is -0.268. The summed E-state index contributed by atoms with van der Waals surface area (Å²) in [6.45, 7) is 2.10. The van der Waals surface area contributed by atoms with Crippen LogP contribution in [0.25, 0.3) is 0 Å². The number of methoxy groups -OCH3 is 1. The minimum atomic E-state index is -0.916. The number of rotatable bonds is 12. The molecule has 3 N–H and O–H groups in total. The molecule has 9 heteroatoms. The van der Waals surface area contributed by atoms with Gasteiger partial charge in [-0.3, -0.25) is 9.59 Å². The van der Waals surface area contributed by atoms with E-state index in [1.54, 1.807) is 31.0 Å². The number of carboxylic acids is 1. The number of carboxylic acid groups (broad SMARTS) is 1. The number of carbonyl (C=O) groups excluding carboxylic acids is 1. The van der Waals surface area contributed by atoms with Gasteiger partial charge >= 0.3 is 5.97 Å². The average molecular weight is 566 g/mol. The third-order valence-electron chi connectivity index (χ3n) is 6.86. The van der Waals surface area contributed by atoms with Gasteiger partial charge in [0.05, 0.1) is 25.9 Å². The molecule has 1 saturated heterocycles. The molecular weight excluding hydrogens is 530 g/mol. The third kappa shape index (κ3) is 7.85. The van der Waals surface area contributed by atoms with Crippen LogP contribution < -0.4 is 10.1 Å². The highest BCUT2D eigenvalue weighted by atomic mass is 32.2. The fourth-order valence-electron chi connectivity index (χ4n) is 4.57. The molecule has 0 unspecified atom stereocenters. The third-order valence-corrected chi connectivity index (χ3v) is 8.00. The Labute approximate surface area is 238 Å². The smallest absolute Gasteiger partial charge is 0.303 e. The zero-order valence-electron chi connectivity index (χ0n) is 22.6. The lowest BCUT2D eigenvalue weighted by atomic mass is 9.91. The molecule has 0 spiro atoms. The lowest BCUT2D eigenvalue weighted by Crippen LogP contribution is -2.38. The predicted molar refractivity (Wildman–Crippen MR) is 153 cm³/mol. The molecule has 4 atom stereocenters. The molecular formula is C31H35NO7S. The van der Waals surface area contributed by atoms with Crippen LogP contribution >= 0.6 is 11.8 Å². The highest BCUT2D eigenvalue weighted by Gasteiger charge is 2.38. The molecule has 1 heterocycles. The van der Waals surface area contributed by atoms with E-state index in [1.807, 2.05) is 60.7 Å². The van der Waals surface area contributed by atoms with Crippen LogP contribution in [0.1, 0.15) is 55.3 Å². The number of aliphatic hydroxyl groups is 1. The normalized spacial score (nSPS) is 20.6. The number of anilines is 1. The number of para-hydroxylation sites is 1. The van der Waals surface area contributed by atoms with E-state index in [9.17, 15) is 14.7 Å². The maximum atomic E-state index is 12.2. The van der Waals surface area contributed by atoms with Crippen LogP contribution in [-0.2, 0) is 25.7 Å². The number of benzene rings is 3. The van der Waals surface area contributed by atoms with Gasteiger partial charge in [0.25, 0.3) is 0 Å². The molecule has 212 valence electrons. The van der Waals surface area contributed by atoms with Crippen molar-refractivity contribution in [3.63, 3.8) is 0 Å². The van der Waals surface area contributed by atoms with E-state index in [1.165, 1.54) is 0 Å². The van der Waals surface area contributed by atoms with E-state index in [2.05, 4.69) is 12.2 Å². The molecule has 3 aromatic rings. The molecule has 0 aromatic heterocycles. The fraction of sp³-hybridized carbons (Fsp3) is 0.355. The number of thioether (sulfide) groups is 1. The SMILES string of the molecule is COc1ccccc1SC[C@H]1O[C@@H](c2ccc(NC(=O)CCCC(=O)O)cc2)O[C@@H](c2ccc(CO)cc2)[C@H]1C. The van der Waals surface area contributed by atoms with Crippen molar-refractivity contribution >= 4 is 29.3 Å². The minimum absolute atomic E-state index is 0.0201. The van der Waals surface area contributed by atoms with Crippen molar-refractivity contribution in [2.75, 3.05) is 18.2 Å². The highest BCUT2D eigenvalue weighted by molar-refractivity contribution is 7.99. The predicted octanol–water partition coefficient (Wildman–Crippen LogP) is 5.96. The molecule has 0 bridgehead atoms. The van der Waals surface area contributed by atoms with E-state index in [0.29, 0.717) is 11.4 Å². The highest BCUT2D eigenvalue weighted by Crippen LogP contribution is 2.43. The number of carbonyl (C=O) groups is 2. The first-order chi connectivity index (χ1) is 19.4. The van der Waals surface area contributed by atoms with E-state index < -0.39 is 12.3 Å². The number of aliphatic carboxylic acids is 1. The van der Waals surface area contributed by atoms with Gasteiger partial charge in [-0.05, 0) is 41.8 Å². The van der Waals surface area contributed by atoms with Crippen LogP contribution in [0.15, 0.2) is 77.7 Å². The topological polar surface area (TPSA) is 114 Å². The van der Waals surface area contributed by atoms with Gasteiger partial charge in [-0.25, -0.2) is 0 Å². The molecule has 0 radical (unpaired) electrons. The number of ether oxygens (including phenoxy) is 3. The van der Waals surface area contributed by atoms with Gasteiger partial charge in [0.1, 0.15) is 5.75 Å². The van der Waals surface area contributed by atoms with Gasteiger partial charge in [-0.1, -0.05) is 55.5 Å². The van der Waals surface area contributed by atoms with Crippen molar-refractivity contribution in [1.29, 1.82) is 0 Å². The van der Waals surface area contributed by atoms with Crippen molar-refractivity contribution in [1.82, 2.24) is 0 Å². The Morgan fingerprint density at radius 2 is 1.65 bits per heavy atom. The Hall–Kier alpha value is -3.37. The van der Waals surface area contributed by atoms with Crippen molar-refractivity contribution < 1.29 is 34.0 Å². The summed E-state index contributed by atoms with van der Waals surface area (Å²) in [6, 6.07) is 23.0. The Kier molecular flexibility index (Phi) is 10.6. The second-order valence-corrected chi connectivity index (χ2v) is 10.8. The summed E-state index contributed by atoms with van der Waals surface area (Å²) >= 11 is 1.68. The average Bonchev–Trinajstić information content (AvgIpc) is 2.97. The number of hydrogen-bond donors (Lipinski definition) is 3. The number of hydrogen-bond acceptors (Lipinski definition) is 7. The number of amides is 1. The van der Waals surface area contributed by atoms with Gasteiger partial charge in [-0.2, -0.15) is 0 Å². The van der Waals surface area contributed by atoms with Gasteiger partial charge in [-0.15, -0.1) is 11.8 Å². The molecule has 40 heavy (non-hydrogen) atoms. The first-order valence-electron chi connectivity index (χ1n) is 13.3. The fourth-order valence-corrected chi connectivity index (χ4v) is 5.76. The molecule has 1 amide bonds. The standard InChI is InChI=1S/C31H35NO7S/c1-20-26(19-40-27-7-4-3-6-25(27)37-2)38-31(39-30(20)22-12-10-21(18-33)11-13-22)23-14-16-24(17-15-23)32-28(34)8-5-9-29(35)36/h3-4,6-7,10-17,20,26,30-31,33H,5,8-9,18-19H2,1-2H3,(H,32,34)(H,35,36)/t20-,26+,30+,31+/m0/s1. The van der Waals surface area contributed by atoms with Gasteiger partial charge < -0.3 is 29.7 Å². The van der Waals surface area contributed by atoms with Crippen LogP contribution in [0.2, 0.25) is 0 Å². The lowest BCUT2D eigenvalue weighted by Gasteiger charge is -2.41. The Morgan fingerprint density at radius 1 is 0.950 bits per heavy atom. The minimum Gasteiger partial charge on any atom is -0.496 e. The van der Waals surface area contributed by atoms with Crippen molar-refractivity contribution in [2.24, 2.45) is 5.92 Å². The van der Waals surface area contributed by atoms with Crippen molar-refractivity contribution in [3.05, 3.63) is 89.5 Å². The number of nitrogens with one attached hydrogen (secondary N) is 1. The van der Waals surface area contributed by atoms with E-state index in [0.717, 1.165) is 27.3 Å². The Balaban J connectivity index is 1.50. The summed E-state index contributed by atoms with van der Waals surface area (Å²) < 4.78 is 18.5. The maximum Gasteiger partial charge on any atom is 0.303 e. The van der Waals surface area contributed by atoms with Gasteiger partial charge in [0, 0.05) is 40.7 Å². The molecule has 3 aromatic carbocycles. The summed E-state index contributed by atoms with van der Waals surface area (Å²) in [5.41, 5.74) is 3.28. The van der Waals surface area contributed by atoms with Crippen LogP contribution in [0, 0.1) is 5.92 Å². The molecule has 4 rings (SSSR count). The molecule has 1 aliphatic heterocycles. The Bertz CT molecular complexity index is 1270. The number of aliphatic hydroxyl groups excluding tert-OH is 1. The second kappa shape index (κ2) is 14.3. The van der Waals surface area contributed by atoms with E-state index in [4.69, 9.17) is 19.3 Å². The van der Waals surface area contributed by atoms with Crippen LogP contribution in [-0.4, -0.2) is 41.1 Å². The second-order valence-electron chi connectivity index (χ2n) is 9.70. The molecule has 1 fully saturated rings. The maximum absolute atomic E-state index is 12.2. The molecule has 0 saturated carbocycles. The van der Waals surface area contributed by atoms with E-state index >= 15 is 0 Å². The summed E-state index contributed by atoms with van der Waals surface area (Å²) in [6.07, 6.45) is -0.601. The first-order valence-corrected chi connectivity index (χ1v) is 14.2. The van der Waals surface area contributed by atoms with Gasteiger partial charge in [0.2, 0.25) is 5.91 Å². The van der Waals surface area contributed by atoms with E-state index in [-0.39, 0.29) is 49.9 Å². The van der Waals surface area contributed by atoms with Crippen molar-refractivity contribution in [2.45, 2.75) is 56.2 Å². The zero-order chi connectivity index (χ0) is 28.5. The molecule has 1 aliphatic rings. The molecule has 0 aliphatic carbocycles. The van der Waals surface area contributed by atoms with Crippen LogP contribution in [0.3, 0.4) is 0 Å². The van der Waals surface area contributed by atoms with Crippen molar-refractivity contribution in [3.8, 4) is 5.75 Å². The van der Waals surface area contributed by atoms with Crippen LogP contribution in [0.4, 0.5) is 5.69 Å². The quantitative estimate of drug-likeness (QED) is 0.230. The largest absolute Gasteiger partial charge is 0.496 e.